The van der Waals surface area contributed by atoms with Gasteiger partial charge in [0.15, 0.2) is 0 Å². The van der Waals surface area contributed by atoms with Crippen molar-refractivity contribution in [1.82, 2.24) is 15.3 Å². The van der Waals surface area contributed by atoms with Crippen LogP contribution in [0.2, 0.25) is 0 Å². The quantitative estimate of drug-likeness (QED) is 0.727. The fraction of sp³-hybridized carbons (Fsp3) is 0.714. The summed E-state index contributed by atoms with van der Waals surface area (Å²) in [5.74, 6) is 0.755. The molecule has 1 heterocycles. The van der Waals surface area contributed by atoms with E-state index in [9.17, 15) is 0 Å². The molecule has 0 saturated carbocycles. The molecule has 19 heavy (non-hydrogen) atoms. The molecule has 0 atom stereocenters. The zero-order valence-electron chi connectivity index (χ0n) is 12.7. The van der Waals surface area contributed by atoms with Crippen molar-refractivity contribution in [2.45, 2.75) is 40.3 Å². The summed E-state index contributed by atoms with van der Waals surface area (Å²) in [5, 5.41) is 3.38. The predicted molar refractivity (Wildman–Crippen MR) is 78.5 cm³/mol. The number of hydrogen-bond acceptors (Lipinski definition) is 5. The van der Waals surface area contributed by atoms with Crippen molar-refractivity contribution in [3.05, 3.63) is 17.5 Å². The summed E-state index contributed by atoms with van der Waals surface area (Å²) in [6, 6.07) is 0.466. The van der Waals surface area contributed by atoms with Crippen molar-refractivity contribution in [2.24, 2.45) is 0 Å². The SMILES string of the molecule is CCOCCN(C)c1ncc(CNC(C)C)c(C)n1. The molecule has 5 heteroatoms. The van der Waals surface area contributed by atoms with E-state index in [1.807, 2.05) is 32.0 Å². The molecule has 0 aliphatic heterocycles. The molecular formula is C14H26N4O. The minimum atomic E-state index is 0.466. The summed E-state index contributed by atoms with van der Waals surface area (Å²) in [6.07, 6.45) is 1.91. The van der Waals surface area contributed by atoms with Crippen LogP contribution in [0.25, 0.3) is 0 Å². The van der Waals surface area contributed by atoms with Gasteiger partial charge in [0.05, 0.1) is 6.61 Å². The van der Waals surface area contributed by atoms with Crippen molar-refractivity contribution in [1.29, 1.82) is 0 Å². The number of aryl methyl sites for hydroxylation is 1. The first-order valence-electron chi connectivity index (χ1n) is 6.89. The molecule has 0 radical (unpaired) electrons. The Bertz CT molecular complexity index is 382. The van der Waals surface area contributed by atoms with Gasteiger partial charge in [-0.05, 0) is 13.8 Å². The number of aromatic nitrogens is 2. The zero-order valence-corrected chi connectivity index (χ0v) is 12.7. The zero-order chi connectivity index (χ0) is 14.3. The first-order chi connectivity index (χ1) is 9.04. The Morgan fingerprint density at radius 2 is 2.16 bits per heavy atom. The van der Waals surface area contributed by atoms with Crippen LogP contribution in [0.3, 0.4) is 0 Å². The summed E-state index contributed by atoms with van der Waals surface area (Å²) in [4.78, 5) is 11.0. The van der Waals surface area contributed by atoms with E-state index in [0.717, 1.165) is 36.9 Å². The summed E-state index contributed by atoms with van der Waals surface area (Å²) < 4.78 is 5.34. The van der Waals surface area contributed by atoms with E-state index in [-0.39, 0.29) is 0 Å². The average molecular weight is 266 g/mol. The van der Waals surface area contributed by atoms with Gasteiger partial charge in [-0.3, -0.25) is 0 Å². The van der Waals surface area contributed by atoms with Gasteiger partial charge < -0.3 is 15.0 Å². The Kier molecular flexibility index (Phi) is 6.73. The lowest BCUT2D eigenvalue weighted by atomic mass is 10.2. The Hall–Kier alpha value is -1.20. The van der Waals surface area contributed by atoms with Crippen LogP contribution >= 0.6 is 0 Å². The molecule has 0 amide bonds. The van der Waals surface area contributed by atoms with Crippen molar-refractivity contribution in [3.8, 4) is 0 Å². The summed E-state index contributed by atoms with van der Waals surface area (Å²) in [6.45, 7) is 11.3. The fourth-order valence-electron chi connectivity index (χ4n) is 1.60. The molecule has 0 spiro atoms. The molecule has 1 aromatic heterocycles. The van der Waals surface area contributed by atoms with Crippen LogP contribution in [-0.2, 0) is 11.3 Å². The Balaban J connectivity index is 2.59. The highest BCUT2D eigenvalue weighted by Gasteiger charge is 2.07. The molecule has 0 aliphatic carbocycles. The lowest BCUT2D eigenvalue weighted by Crippen LogP contribution is -2.26. The number of hydrogen-bond donors (Lipinski definition) is 1. The van der Waals surface area contributed by atoms with E-state index in [4.69, 9.17) is 4.74 Å². The van der Waals surface area contributed by atoms with E-state index in [1.54, 1.807) is 0 Å². The largest absolute Gasteiger partial charge is 0.380 e. The first kappa shape index (κ1) is 15.9. The second-order valence-electron chi connectivity index (χ2n) is 4.93. The molecule has 1 aromatic rings. The Morgan fingerprint density at radius 1 is 1.42 bits per heavy atom. The third-order valence-corrected chi connectivity index (χ3v) is 2.89. The number of anilines is 1. The summed E-state index contributed by atoms with van der Waals surface area (Å²) in [7, 11) is 1.99. The van der Waals surface area contributed by atoms with Crippen LogP contribution in [0.4, 0.5) is 5.95 Å². The first-order valence-corrected chi connectivity index (χ1v) is 6.89. The molecule has 0 unspecified atom stereocenters. The van der Waals surface area contributed by atoms with Gasteiger partial charge in [-0.2, -0.15) is 0 Å². The minimum Gasteiger partial charge on any atom is -0.380 e. The second-order valence-corrected chi connectivity index (χ2v) is 4.93. The second kappa shape index (κ2) is 8.07. The molecule has 108 valence electrons. The van der Waals surface area contributed by atoms with E-state index >= 15 is 0 Å². The molecule has 0 saturated heterocycles. The number of rotatable bonds is 8. The van der Waals surface area contributed by atoms with Gasteiger partial charge in [0, 0.05) is 50.2 Å². The predicted octanol–water partition coefficient (Wildman–Crippen LogP) is 1.76. The van der Waals surface area contributed by atoms with Gasteiger partial charge >= 0.3 is 0 Å². The van der Waals surface area contributed by atoms with Crippen LogP contribution in [0.1, 0.15) is 32.0 Å². The standard InChI is InChI=1S/C14H26N4O/c1-6-19-8-7-18(5)14-16-10-13(12(4)17-14)9-15-11(2)3/h10-11,15H,6-9H2,1-5H3. The van der Waals surface area contributed by atoms with Crippen LogP contribution in [0, 0.1) is 6.92 Å². The van der Waals surface area contributed by atoms with Crippen LogP contribution in [0.5, 0.6) is 0 Å². The molecule has 0 aliphatic rings. The lowest BCUT2D eigenvalue weighted by molar-refractivity contribution is 0.154. The molecular weight excluding hydrogens is 240 g/mol. The van der Waals surface area contributed by atoms with Crippen molar-refractivity contribution in [3.63, 3.8) is 0 Å². The smallest absolute Gasteiger partial charge is 0.225 e. The maximum Gasteiger partial charge on any atom is 0.225 e. The third kappa shape index (κ3) is 5.53. The monoisotopic (exact) mass is 266 g/mol. The number of ether oxygens (including phenoxy) is 1. The van der Waals surface area contributed by atoms with Crippen LogP contribution in [0.15, 0.2) is 6.20 Å². The number of likely N-dealkylation sites (N-methyl/N-ethyl adjacent to an activating group) is 1. The van der Waals surface area contributed by atoms with E-state index in [1.165, 1.54) is 0 Å². The summed E-state index contributed by atoms with van der Waals surface area (Å²) >= 11 is 0. The van der Waals surface area contributed by atoms with Gasteiger partial charge in [-0.1, -0.05) is 13.8 Å². The molecule has 5 nitrogen and oxygen atoms in total. The van der Waals surface area contributed by atoms with Gasteiger partial charge in [0.25, 0.3) is 0 Å². The normalized spacial score (nSPS) is 11.1. The van der Waals surface area contributed by atoms with Gasteiger partial charge in [0.2, 0.25) is 5.95 Å². The highest BCUT2D eigenvalue weighted by Crippen LogP contribution is 2.10. The molecule has 0 bridgehead atoms. The molecule has 0 aromatic carbocycles. The van der Waals surface area contributed by atoms with E-state index < -0.39 is 0 Å². The Morgan fingerprint density at radius 3 is 2.74 bits per heavy atom. The van der Waals surface area contributed by atoms with E-state index in [0.29, 0.717) is 12.6 Å². The maximum absolute atomic E-state index is 5.34. The minimum absolute atomic E-state index is 0.466. The van der Waals surface area contributed by atoms with Crippen molar-refractivity contribution in [2.75, 3.05) is 31.7 Å². The molecule has 0 fully saturated rings. The average Bonchev–Trinajstić information content (AvgIpc) is 2.37. The van der Waals surface area contributed by atoms with Crippen LogP contribution < -0.4 is 10.2 Å². The van der Waals surface area contributed by atoms with E-state index in [2.05, 4.69) is 29.1 Å². The molecule has 1 N–H and O–H groups in total. The van der Waals surface area contributed by atoms with Crippen molar-refractivity contribution < 1.29 is 4.74 Å². The van der Waals surface area contributed by atoms with Gasteiger partial charge in [0.1, 0.15) is 0 Å². The number of nitrogens with one attached hydrogen (secondary N) is 1. The Labute approximate surface area is 116 Å². The van der Waals surface area contributed by atoms with Crippen LogP contribution in [-0.4, -0.2) is 42.8 Å². The maximum atomic E-state index is 5.34. The van der Waals surface area contributed by atoms with Gasteiger partial charge in [-0.25, -0.2) is 9.97 Å². The third-order valence-electron chi connectivity index (χ3n) is 2.89. The molecule has 1 rings (SSSR count). The lowest BCUT2D eigenvalue weighted by Gasteiger charge is -2.18. The summed E-state index contributed by atoms with van der Waals surface area (Å²) in [5.41, 5.74) is 2.18. The fourth-order valence-corrected chi connectivity index (χ4v) is 1.60. The number of nitrogens with zero attached hydrogens (tertiary/aromatic N) is 3. The topological polar surface area (TPSA) is 50.3 Å². The van der Waals surface area contributed by atoms with Crippen molar-refractivity contribution >= 4 is 5.95 Å². The highest BCUT2D eigenvalue weighted by atomic mass is 16.5. The highest BCUT2D eigenvalue weighted by molar-refractivity contribution is 5.31. The van der Waals surface area contributed by atoms with Gasteiger partial charge in [-0.15, -0.1) is 0 Å².